The fraction of sp³-hybridized carbons (Fsp3) is 0.600. The van der Waals surface area contributed by atoms with E-state index in [0.717, 1.165) is 12.2 Å². The molecule has 4 nitrogen and oxygen atoms in total. The molecule has 0 spiro atoms. The van der Waals surface area contributed by atoms with Crippen LogP contribution in [0.4, 0.5) is 0 Å². The molecule has 0 atom stereocenters. The normalized spacial score (nSPS) is 10.6. The molecule has 0 aliphatic rings. The maximum Gasteiger partial charge on any atom is 0.254 e. The molecule has 0 aromatic carbocycles. The lowest BCUT2D eigenvalue weighted by Crippen LogP contribution is -2.24. The van der Waals surface area contributed by atoms with Crippen LogP contribution in [0.15, 0.2) is 10.9 Å². The van der Waals surface area contributed by atoms with Crippen molar-refractivity contribution in [2.45, 2.75) is 26.3 Å². The highest BCUT2D eigenvalue weighted by molar-refractivity contribution is 6.29. The number of rotatable bonds is 5. The van der Waals surface area contributed by atoms with Crippen LogP contribution in [0.5, 0.6) is 0 Å². The van der Waals surface area contributed by atoms with Crippen molar-refractivity contribution in [3.8, 4) is 0 Å². The van der Waals surface area contributed by atoms with E-state index in [1.807, 2.05) is 6.92 Å². The molecule has 0 radical (unpaired) electrons. The lowest BCUT2D eigenvalue weighted by atomic mass is 10.3. The summed E-state index contributed by atoms with van der Waals surface area (Å²) in [5.41, 5.74) is -0.0945. The third kappa shape index (κ3) is 3.32. The summed E-state index contributed by atoms with van der Waals surface area (Å²) in [6.45, 7) is 3.21. The van der Waals surface area contributed by atoms with Gasteiger partial charge in [0.1, 0.15) is 11.0 Å². The van der Waals surface area contributed by atoms with Gasteiger partial charge in [0.2, 0.25) is 0 Å². The van der Waals surface area contributed by atoms with E-state index in [-0.39, 0.29) is 10.7 Å². The van der Waals surface area contributed by atoms with Gasteiger partial charge in [0, 0.05) is 32.7 Å². The molecule has 0 aliphatic carbocycles. The monoisotopic (exact) mass is 230 g/mol. The zero-order chi connectivity index (χ0) is 11.3. The van der Waals surface area contributed by atoms with E-state index in [2.05, 4.69) is 4.98 Å². The second-order valence-electron chi connectivity index (χ2n) is 3.18. The van der Waals surface area contributed by atoms with Crippen molar-refractivity contribution in [3.63, 3.8) is 0 Å². The van der Waals surface area contributed by atoms with Crippen LogP contribution in [0.3, 0.4) is 0 Å². The second kappa shape index (κ2) is 5.88. The van der Waals surface area contributed by atoms with Crippen molar-refractivity contribution in [2.75, 3.05) is 13.7 Å². The molecule has 0 amide bonds. The first kappa shape index (κ1) is 12.2. The quantitative estimate of drug-likeness (QED) is 0.569. The van der Waals surface area contributed by atoms with Crippen molar-refractivity contribution >= 4 is 11.6 Å². The molecule has 84 valence electrons. The summed E-state index contributed by atoms with van der Waals surface area (Å²) in [6.07, 6.45) is 1.50. The maximum atomic E-state index is 11.6. The number of hydrogen-bond acceptors (Lipinski definition) is 3. The summed E-state index contributed by atoms with van der Waals surface area (Å²) in [5.74, 6) is 0.726. The van der Waals surface area contributed by atoms with Gasteiger partial charge in [0.15, 0.2) is 0 Å². The molecule has 1 aromatic rings. The van der Waals surface area contributed by atoms with Crippen LogP contribution < -0.4 is 5.56 Å². The number of nitrogens with zero attached hydrogens (tertiary/aromatic N) is 2. The van der Waals surface area contributed by atoms with E-state index < -0.39 is 0 Å². The summed E-state index contributed by atoms with van der Waals surface area (Å²) in [5, 5.41) is 0.264. The van der Waals surface area contributed by atoms with Crippen molar-refractivity contribution in [1.82, 2.24) is 9.55 Å². The number of aryl methyl sites for hydroxylation is 1. The third-order valence-corrected chi connectivity index (χ3v) is 2.30. The smallest absolute Gasteiger partial charge is 0.254 e. The first-order chi connectivity index (χ1) is 7.19. The van der Waals surface area contributed by atoms with E-state index in [4.69, 9.17) is 16.3 Å². The molecule has 1 aromatic heterocycles. The van der Waals surface area contributed by atoms with E-state index in [0.29, 0.717) is 19.6 Å². The molecule has 0 aliphatic heterocycles. The zero-order valence-electron chi connectivity index (χ0n) is 8.99. The van der Waals surface area contributed by atoms with Crippen LogP contribution in [-0.2, 0) is 17.7 Å². The van der Waals surface area contributed by atoms with Crippen LogP contribution in [0.2, 0.25) is 5.15 Å². The Morgan fingerprint density at radius 3 is 2.93 bits per heavy atom. The SMILES string of the molecule is CCc1nc(Cl)cc(=O)n1CCCOC. The number of hydrogen-bond donors (Lipinski definition) is 0. The highest BCUT2D eigenvalue weighted by atomic mass is 35.5. The van der Waals surface area contributed by atoms with E-state index in [9.17, 15) is 4.79 Å². The van der Waals surface area contributed by atoms with Crippen molar-refractivity contribution in [1.29, 1.82) is 0 Å². The Morgan fingerprint density at radius 2 is 2.33 bits per heavy atom. The maximum absolute atomic E-state index is 11.6. The van der Waals surface area contributed by atoms with Gasteiger partial charge in [0.05, 0.1) is 0 Å². The number of methoxy groups -OCH3 is 1. The molecule has 0 saturated heterocycles. The Balaban J connectivity index is 2.89. The Bertz CT molecular complexity index is 376. The minimum atomic E-state index is -0.0945. The molecule has 0 unspecified atom stereocenters. The molecule has 1 rings (SSSR count). The number of ether oxygens (including phenoxy) is 1. The van der Waals surface area contributed by atoms with Gasteiger partial charge in [-0.05, 0) is 6.42 Å². The minimum Gasteiger partial charge on any atom is -0.385 e. The van der Waals surface area contributed by atoms with Gasteiger partial charge in [-0.1, -0.05) is 18.5 Å². The zero-order valence-corrected chi connectivity index (χ0v) is 9.75. The van der Waals surface area contributed by atoms with E-state index in [1.54, 1.807) is 11.7 Å². The highest BCUT2D eigenvalue weighted by Gasteiger charge is 2.05. The first-order valence-corrected chi connectivity index (χ1v) is 5.32. The fourth-order valence-corrected chi connectivity index (χ4v) is 1.59. The van der Waals surface area contributed by atoms with Crippen LogP contribution in [-0.4, -0.2) is 23.3 Å². The molecule has 1 heterocycles. The summed E-state index contributed by atoms with van der Waals surface area (Å²) >= 11 is 5.71. The average Bonchev–Trinajstić information content (AvgIpc) is 2.20. The Hall–Kier alpha value is -0.870. The first-order valence-electron chi connectivity index (χ1n) is 4.94. The van der Waals surface area contributed by atoms with Gasteiger partial charge >= 0.3 is 0 Å². The summed E-state index contributed by atoms with van der Waals surface area (Å²) in [7, 11) is 1.64. The molecule has 0 saturated carbocycles. The van der Waals surface area contributed by atoms with Gasteiger partial charge < -0.3 is 4.74 Å². The summed E-state index contributed by atoms with van der Waals surface area (Å²) in [4.78, 5) is 15.7. The molecule has 5 heteroatoms. The molecule has 0 bridgehead atoms. The lowest BCUT2D eigenvalue weighted by Gasteiger charge is -2.10. The lowest BCUT2D eigenvalue weighted by molar-refractivity contribution is 0.189. The van der Waals surface area contributed by atoms with Crippen molar-refractivity contribution < 1.29 is 4.74 Å². The van der Waals surface area contributed by atoms with Gasteiger partial charge in [-0.3, -0.25) is 9.36 Å². The summed E-state index contributed by atoms with van der Waals surface area (Å²) < 4.78 is 6.58. The van der Waals surface area contributed by atoms with Crippen LogP contribution >= 0.6 is 11.6 Å². The van der Waals surface area contributed by atoms with Crippen LogP contribution in [0, 0.1) is 0 Å². The third-order valence-electron chi connectivity index (χ3n) is 2.10. The predicted octanol–water partition coefficient (Wildman–Crippen LogP) is 1.50. The highest BCUT2D eigenvalue weighted by Crippen LogP contribution is 2.03. The molecular weight excluding hydrogens is 216 g/mol. The topological polar surface area (TPSA) is 44.1 Å². The van der Waals surface area contributed by atoms with E-state index in [1.165, 1.54) is 6.07 Å². The Morgan fingerprint density at radius 1 is 1.60 bits per heavy atom. The Kier molecular flexibility index (Phi) is 4.78. The van der Waals surface area contributed by atoms with Crippen molar-refractivity contribution in [3.05, 3.63) is 27.4 Å². The number of halogens is 1. The van der Waals surface area contributed by atoms with Gasteiger partial charge in [-0.15, -0.1) is 0 Å². The average molecular weight is 231 g/mol. The standard InChI is InChI=1S/C10H15ClN2O2/c1-3-9-12-8(11)7-10(14)13(9)5-4-6-15-2/h7H,3-6H2,1-2H3. The van der Waals surface area contributed by atoms with Crippen molar-refractivity contribution in [2.24, 2.45) is 0 Å². The van der Waals surface area contributed by atoms with Gasteiger partial charge in [-0.25, -0.2) is 4.98 Å². The van der Waals surface area contributed by atoms with Gasteiger partial charge in [-0.2, -0.15) is 0 Å². The number of aromatic nitrogens is 2. The van der Waals surface area contributed by atoms with Crippen LogP contribution in [0.25, 0.3) is 0 Å². The molecular formula is C10H15ClN2O2. The molecule has 15 heavy (non-hydrogen) atoms. The fourth-order valence-electron chi connectivity index (χ4n) is 1.40. The molecule has 0 fully saturated rings. The predicted molar refractivity (Wildman–Crippen MR) is 59.4 cm³/mol. The Labute approximate surface area is 93.8 Å². The second-order valence-corrected chi connectivity index (χ2v) is 3.57. The summed E-state index contributed by atoms with van der Waals surface area (Å²) in [6, 6.07) is 1.34. The molecule has 0 N–H and O–H groups in total. The van der Waals surface area contributed by atoms with Gasteiger partial charge in [0.25, 0.3) is 5.56 Å². The van der Waals surface area contributed by atoms with Crippen LogP contribution in [0.1, 0.15) is 19.2 Å². The largest absolute Gasteiger partial charge is 0.385 e. The minimum absolute atomic E-state index is 0.0945. The van der Waals surface area contributed by atoms with E-state index >= 15 is 0 Å².